The van der Waals surface area contributed by atoms with Crippen LogP contribution < -0.4 is 5.32 Å². The first-order valence-corrected chi connectivity index (χ1v) is 4.66. The molecule has 0 saturated heterocycles. The van der Waals surface area contributed by atoms with Crippen molar-refractivity contribution in [1.29, 1.82) is 10.5 Å². The standard InChI is InChI=1S/C12H11N3/c1-2-15-12-6-4-3-5-11(12)7-10(8-13)9-14/h3-7,15H,2H2,1H3. The predicted molar refractivity (Wildman–Crippen MR) is 59.8 cm³/mol. The molecule has 0 radical (unpaired) electrons. The first-order valence-electron chi connectivity index (χ1n) is 4.66. The molecule has 0 amide bonds. The predicted octanol–water partition coefficient (Wildman–Crippen LogP) is 2.55. The summed E-state index contributed by atoms with van der Waals surface area (Å²) in [4.78, 5) is 0. The average molecular weight is 197 g/mol. The molecule has 0 bridgehead atoms. The van der Waals surface area contributed by atoms with Gasteiger partial charge >= 0.3 is 0 Å². The molecule has 3 heteroatoms. The Balaban J connectivity index is 3.10. The highest BCUT2D eigenvalue weighted by molar-refractivity contribution is 5.71. The summed E-state index contributed by atoms with van der Waals surface area (Å²) < 4.78 is 0. The van der Waals surface area contributed by atoms with Gasteiger partial charge in [-0.25, -0.2) is 0 Å². The van der Waals surface area contributed by atoms with Crippen molar-refractivity contribution in [3.8, 4) is 12.1 Å². The van der Waals surface area contributed by atoms with Crippen LogP contribution in [-0.4, -0.2) is 6.54 Å². The Labute approximate surface area is 89.3 Å². The molecule has 0 aromatic heterocycles. The van der Waals surface area contributed by atoms with E-state index in [0.717, 1.165) is 17.8 Å². The van der Waals surface area contributed by atoms with Crippen molar-refractivity contribution >= 4 is 11.8 Å². The van der Waals surface area contributed by atoms with Gasteiger partial charge in [-0.3, -0.25) is 0 Å². The van der Waals surface area contributed by atoms with Crippen LogP contribution in [0.1, 0.15) is 12.5 Å². The molecular weight excluding hydrogens is 186 g/mol. The summed E-state index contributed by atoms with van der Waals surface area (Å²) in [5, 5.41) is 20.5. The molecule has 1 aromatic carbocycles. The van der Waals surface area contributed by atoms with Crippen LogP contribution in [0.25, 0.3) is 6.08 Å². The zero-order valence-electron chi connectivity index (χ0n) is 8.49. The van der Waals surface area contributed by atoms with Gasteiger partial charge in [0.05, 0.1) is 0 Å². The van der Waals surface area contributed by atoms with Gasteiger partial charge in [-0.05, 0) is 24.6 Å². The van der Waals surface area contributed by atoms with E-state index in [9.17, 15) is 0 Å². The minimum Gasteiger partial charge on any atom is -0.385 e. The molecule has 0 aliphatic carbocycles. The van der Waals surface area contributed by atoms with E-state index >= 15 is 0 Å². The molecule has 0 fully saturated rings. The number of para-hydroxylation sites is 1. The molecule has 15 heavy (non-hydrogen) atoms. The Morgan fingerprint density at radius 3 is 2.60 bits per heavy atom. The van der Waals surface area contributed by atoms with E-state index in [1.165, 1.54) is 0 Å². The second-order valence-electron chi connectivity index (χ2n) is 2.90. The molecular formula is C12H11N3. The Bertz CT molecular complexity index is 431. The Morgan fingerprint density at radius 2 is 2.00 bits per heavy atom. The van der Waals surface area contributed by atoms with Gasteiger partial charge in [0, 0.05) is 12.2 Å². The lowest BCUT2D eigenvalue weighted by Crippen LogP contribution is -1.98. The van der Waals surface area contributed by atoms with Crippen molar-refractivity contribution in [1.82, 2.24) is 0 Å². The molecule has 0 saturated carbocycles. The van der Waals surface area contributed by atoms with Crippen molar-refractivity contribution in [3.63, 3.8) is 0 Å². The van der Waals surface area contributed by atoms with E-state index < -0.39 is 0 Å². The van der Waals surface area contributed by atoms with E-state index in [1.54, 1.807) is 6.08 Å². The molecule has 0 spiro atoms. The Morgan fingerprint density at radius 1 is 1.33 bits per heavy atom. The molecule has 0 unspecified atom stereocenters. The van der Waals surface area contributed by atoms with Crippen LogP contribution in [0.2, 0.25) is 0 Å². The number of hydrogen-bond donors (Lipinski definition) is 1. The molecule has 0 aliphatic heterocycles. The third kappa shape index (κ3) is 2.86. The molecule has 0 atom stereocenters. The van der Waals surface area contributed by atoms with Gasteiger partial charge in [0.25, 0.3) is 0 Å². The van der Waals surface area contributed by atoms with Crippen molar-refractivity contribution in [2.75, 3.05) is 11.9 Å². The molecule has 1 aromatic rings. The van der Waals surface area contributed by atoms with Gasteiger partial charge in [-0.2, -0.15) is 10.5 Å². The van der Waals surface area contributed by atoms with Crippen LogP contribution in [0, 0.1) is 22.7 Å². The molecule has 1 N–H and O–H groups in total. The first-order chi connectivity index (χ1) is 7.31. The molecule has 0 aliphatic rings. The van der Waals surface area contributed by atoms with Crippen LogP contribution in [0.4, 0.5) is 5.69 Å². The number of nitriles is 2. The maximum absolute atomic E-state index is 8.65. The first kappa shape index (κ1) is 10.8. The summed E-state index contributed by atoms with van der Waals surface area (Å²) in [7, 11) is 0. The zero-order valence-corrected chi connectivity index (χ0v) is 8.49. The van der Waals surface area contributed by atoms with Crippen LogP contribution >= 0.6 is 0 Å². The number of nitrogens with zero attached hydrogens (tertiary/aromatic N) is 2. The topological polar surface area (TPSA) is 59.6 Å². The maximum Gasteiger partial charge on any atom is 0.130 e. The van der Waals surface area contributed by atoms with Crippen molar-refractivity contribution in [2.45, 2.75) is 6.92 Å². The maximum atomic E-state index is 8.65. The van der Waals surface area contributed by atoms with Crippen molar-refractivity contribution < 1.29 is 0 Å². The summed E-state index contributed by atoms with van der Waals surface area (Å²) >= 11 is 0. The Kier molecular flexibility index (Phi) is 3.94. The number of anilines is 1. The highest BCUT2D eigenvalue weighted by atomic mass is 14.9. The van der Waals surface area contributed by atoms with E-state index in [-0.39, 0.29) is 5.57 Å². The normalized spacial score (nSPS) is 8.47. The molecule has 0 heterocycles. The van der Waals surface area contributed by atoms with Gasteiger partial charge in [-0.1, -0.05) is 18.2 Å². The summed E-state index contributed by atoms with van der Waals surface area (Å²) in [6, 6.07) is 11.3. The van der Waals surface area contributed by atoms with Crippen molar-refractivity contribution in [2.24, 2.45) is 0 Å². The van der Waals surface area contributed by atoms with E-state index in [2.05, 4.69) is 5.32 Å². The largest absolute Gasteiger partial charge is 0.385 e. The number of allylic oxidation sites excluding steroid dienone is 1. The SMILES string of the molecule is CCNc1ccccc1C=C(C#N)C#N. The molecule has 1 rings (SSSR count). The average Bonchev–Trinajstić information content (AvgIpc) is 2.28. The summed E-state index contributed by atoms with van der Waals surface area (Å²) in [5.74, 6) is 0. The number of nitrogens with one attached hydrogen (secondary N) is 1. The minimum atomic E-state index is 0.111. The van der Waals surface area contributed by atoms with Crippen LogP contribution in [0.5, 0.6) is 0 Å². The lowest BCUT2D eigenvalue weighted by Gasteiger charge is -2.06. The fraction of sp³-hybridized carbons (Fsp3) is 0.167. The highest BCUT2D eigenvalue weighted by Crippen LogP contribution is 2.17. The smallest absolute Gasteiger partial charge is 0.130 e. The lowest BCUT2D eigenvalue weighted by atomic mass is 10.1. The van der Waals surface area contributed by atoms with E-state index in [4.69, 9.17) is 10.5 Å². The van der Waals surface area contributed by atoms with E-state index in [0.29, 0.717) is 0 Å². The third-order valence-corrected chi connectivity index (χ3v) is 1.87. The lowest BCUT2D eigenvalue weighted by molar-refractivity contribution is 1.21. The quantitative estimate of drug-likeness (QED) is 0.757. The van der Waals surface area contributed by atoms with E-state index in [1.807, 2.05) is 43.3 Å². The zero-order chi connectivity index (χ0) is 11.1. The van der Waals surface area contributed by atoms with Crippen LogP contribution in [-0.2, 0) is 0 Å². The fourth-order valence-electron chi connectivity index (χ4n) is 1.22. The van der Waals surface area contributed by atoms with Gasteiger partial charge in [0.2, 0.25) is 0 Å². The van der Waals surface area contributed by atoms with Gasteiger partial charge < -0.3 is 5.32 Å². The summed E-state index contributed by atoms with van der Waals surface area (Å²) in [6.07, 6.45) is 1.58. The monoisotopic (exact) mass is 197 g/mol. The van der Waals surface area contributed by atoms with Gasteiger partial charge in [0.15, 0.2) is 0 Å². The summed E-state index contributed by atoms with van der Waals surface area (Å²) in [5.41, 5.74) is 1.90. The number of hydrogen-bond acceptors (Lipinski definition) is 3. The number of benzene rings is 1. The van der Waals surface area contributed by atoms with Gasteiger partial charge in [0.1, 0.15) is 17.7 Å². The van der Waals surface area contributed by atoms with Crippen LogP contribution in [0.3, 0.4) is 0 Å². The minimum absolute atomic E-state index is 0.111. The Hall–Kier alpha value is -2.26. The number of rotatable bonds is 3. The summed E-state index contributed by atoms with van der Waals surface area (Å²) in [6.45, 7) is 2.80. The van der Waals surface area contributed by atoms with Crippen LogP contribution in [0.15, 0.2) is 29.8 Å². The molecule has 74 valence electrons. The van der Waals surface area contributed by atoms with Gasteiger partial charge in [-0.15, -0.1) is 0 Å². The molecule has 3 nitrogen and oxygen atoms in total. The fourth-order valence-corrected chi connectivity index (χ4v) is 1.22. The second-order valence-corrected chi connectivity index (χ2v) is 2.90. The highest BCUT2D eigenvalue weighted by Gasteiger charge is 1.99. The third-order valence-electron chi connectivity index (χ3n) is 1.87. The second kappa shape index (κ2) is 5.47. The van der Waals surface area contributed by atoms with Crippen molar-refractivity contribution in [3.05, 3.63) is 35.4 Å².